The third kappa shape index (κ3) is 2.31. The second-order valence-electron chi connectivity index (χ2n) is 6.27. The molecule has 0 aromatic heterocycles. The summed E-state index contributed by atoms with van der Waals surface area (Å²) >= 11 is 6.15. The maximum Gasteiger partial charge on any atom is 0.263 e. The first-order chi connectivity index (χ1) is 12.4. The molecule has 6 nitrogen and oxygen atoms in total. The number of benzene rings is 2. The van der Waals surface area contributed by atoms with E-state index in [1.807, 2.05) is 0 Å². The van der Waals surface area contributed by atoms with Gasteiger partial charge in [-0.25, -0.2) is 14.3 Å². The molecule has 0 spiro atoms. The van der Waals surface area contributed by atoms with Gasteiger partial charge in [0.1, 0.15) is 5.82 Å². The number of aryl methyl sites for hydroxylation is 1. The van der Waals surface area contributed by atoms with E-state index in [-0.39, 0.29) is 5.69 Å². The fourth-order valence-corrected chi connectivity index (χ4v) is 3.35. The molecule has 2 amide bonds. The van der Waals surface area contributed by atoms with Crippen LogP contribution < -0.4 is 9.91 Å². The molecule has 0 saturated carbocycles. The molecule has 2 heterocycles. The fraction of sp³-hybridized carbons (Fsp3) is 0.222. The highest BCUT2D eigenvalue weighted by Crippen LogP contribution is 2.37. The van der Waals surface area contributed by atoms with Crippen molar-refractivity contribution in [2.75, 3.05) is 9.91 Å². The van der Waals surface area contributed by atoms with Crippen molar-refractivity contribution in [3.05, 3.63) is 58.4 Å². The number of carbonyl (C=O) groups is 2. The Kier molecular flexibility index (Phi) is 3.77. The van der Waals surface area contributed by atoms with Crippen LogP contribution in [0.3, 0.4) is 0 Å². The van der Waals surface area contributed by atoms with Crippen LogP contribution in [0.25, 0.3) is 0 Å². The van der Waals surface area contributed by atoms with Gasteiger partial charge in [-0.2, -0.15) is 5.11 Å². The Labute approximate surface area is 153 Å². The zero-order valence-corrected chi connectivity index (χ0v) is 14.7. The molecular weight excluding hydrogens is 359 g/mol. The molecule has 0 aliphatic carbocycles. The van der Waals surface area contributed by atoms with Crippen LogP contribution in [-0.2, 0) is 9.59 Å². The molecule has 1 fully saturated rings. The molecule has 0 bridgehead atoms. The molecule has 8 heteroatoms. The Morgan fingerprint density at radius 2 is 1.88 bits per heavy atom. The average Bonchev–Trinajstić information content (AvgIpc) is 3.14. The Morgan fingerprint density at radius 1 is 1.12 bits per heavy atom. The van der Waals surface area contributed by atoms with Crippen LogP contribution in [0, 0.1) is 19.7 Å². The van der Waals surface area contributed by atoms with Gasteiger partial charge in [0, 0.05) is 5.02 Å². The summed E-state index contributed by atoms with van der Waals surface area (Å²) in [5.74, 6) is -1.49. The second-order valence-corrected chi connectivity index (χ2v) is 6.68. The second kappa shape index (κ2) is 5.88. The van der Waals surface area contributed by atoms with Gasteiger partial charge in [0.2, 0.25) is 0 Å². The molecule has 0 radical (unpaired) electrons. The summed E-state index contributed by atoms with van der Waals surface area (Å²) in [7, 11) is 0. The number of imide groups is 1. The molecule has 2 aromatic carbocycles. The number of fused-ring (bicyclic) bond motifs is 1. The minimum absolute atomic E-state index is 0.190. The van der Waals surface area contributed by atoms with Gasteiger partial charge in [-0.15, -0.1) is 0 Å². The largest absolute Gasteiger partial charge is 0.271 e. The van der Waals surface area contributed by atoms with Crippen LogP contribution in [0.15, 0.2) is 46.7 Å². The van der Waals surface area contributed by atoms with Gasteiger partial charge in [-0.1, -0.05) is 29.0 Å². The van der Waals surface area contributed by atoms with Gasteiger partial charge in [0.25, 0.3) is 11.8 Å². The molecule has 2 atom stereocenters. The summed E-state index contributed by atoms with van der Waals surface area (Å²) in [6, 6.07) is 7.62. The Bertz CT molecular complexity index is 978. The summed E-state index contributed by atoms with van der Waals surface area (Å²) in [6.45, 7) is 3.41. The van der Waals surface area contributed by atoms with E-state index in [1.54, 1.807) is 38.1 Å². The van der Waals surface area contributed by atoms with Gasteiger partial charge in [-0.05, 0) is 49.2 Å². The molecule has 0 unspecified atom stereocenters. The average molecular weight is 373 g/mol. The topological polar surface area (TPSA) is 65.3 Å². The van der Waals surface area contributed by atoms with Crippen molar-refractivity contribution in [1.29, 1.82) is 0 Å². The third-order valence-electron chi connectivity index (χ3n) is 4.68. The Morgan fingerprint density at radius 3 is 2.62 bits per heavy atom. The van der Waals surface area contributed by atoms with Gasteiger partial charge in [0.15, 0.2) is 12.1 Å². The molecule has 1 saturated heterocycles. The van der Waals surface area contributed by atoms with Gasteiger partial charge in [-0.3, -0.25) is 9.59 Å². The van der Waals surface area contributed by atoms with E-state index in [4.69, 9.17) is 11.6 Å². The van der Waals surface area contributed by atoms with Crippen LogP contribution >= 0.6 is 11.6 Å². The van der Waals surface area contributed by atoms with Gasteiger partial charge < -0.3 is 0 Å². The molecule has 2 aliphatic rings. The highest BCUT2D eigenvalue weighted by atomic mass is 35.5. The predicted octanol–water partition coefficient (Wildman–Crippen LogP) is 3.59. The van der Waals surface area contributed by atoms with E-state index in [0.29, 0.717) is 16.3 Å². The van der Waals surface area contributed by atoms with E-state index in [9.17, 15) is 14.0 Å². The summed E-state index contributed by atoms with van der Waals surface area (Å²) in [6.07, 6.45) is 0. The van der Waals surface area contributed by atoms with Crippen LogP contribution in [0.2, 0.25) is 5.02 Å². The van der Waals surface area contributed by atoms with E-state index in [0.717, 1.165) is 10.5 Å². The van der Waals surface area contributed by atoms with Crippen LogP contribution in [0.4, 0.5) is 15.8 Å². The van der Waals surface area contributed by atoms with Crippen molar-refractivity contribution in [1.82, 2.24) is 0 Å². The lowest BCUT2D eigenvalue weighted by Crippen LogP contribution is -2.40. The van der Waals surface area contributed by atoms with E-state index in [1.165, 1.54) is 17.1 Å². The Hall–Kier alpha value is -2.80. The van der Waals surface area contributed by atoms with Crippen LogP contribution in [0.1, 0.15) is 11.1 Å². The lowest BCUT2D eigenvalue weighted by Gasteiger charge is -2.22. The molecule has 0 N–H and O–H groups in total. The Balaban J connectivity index is 1.74. The van der Waals surface area contributed by atoms with E-state index < -0.39 is 29.7 Å². The molecule has 26 heavy (non-hydrogen) atoms. The number of anilines is 2. The zero-order valence-electron chi connectivity index (χ0n) is 14.0. The minimum Gasteiger partial charge on any atom is -0.271 e. The number of hydrogen-bond acceptors (Lipinski definition) is 5. The first kappa shape index (κ1) is 16.7. The van der Waals surface area contributed by atoms with Crippen molar-refractivity contribution >= 4 is 34.8 Å². The molecular formula is C18H14ClFN4O2. The fourth-order valence-electron chi connectivity index (χ4n) is 3.18. The minimum atomic E-state index is -0.953. The van der Waals surface area contributed by atoms with E-state index in [2.05, 4.69) is 10.3 Å². The summed E-state index contributed by atoms with van der Waals surface area (Å²) in [4.78, 5) is 26.6. The summed E-state index contributed by atoms with van der Waals surface area (Å²) < 4.78 is 13.9. The maximum atomic E-state index is 13.9. The summed E-state index contributed by atoms with van der Waals surface area (Å²) in [5.41, 5.74) is 1.96. The first-order valence-electron chi connectivity index (χ1n) is 7.99. The number of hydrogen-bond donors (Lipinski definition) is 0. The quantitative estimate of drug-likeness (QED) is 0.756. The van der Waals surface area contributed by atoms with Crippen LogP contribution in [0.5, 0.6) is 0 Å². The molecule has 4 rings (SSSR count). The van der Waals surface area contributed by atoms with Gasteiger partial charge >= 0.3 is 0 Å². The SMILES string of the molecule is Cc1ccc(N2C(=O)[C@H]3N=NN(c4cccc(Cl)c4C)[C@@H]3C2=O)cc1F. The lowest BCUT2D eigenvalue weighted by molar-refractivity contribution is -0.121. The highest BCUT2D eigenvalue weighted by molar-refractivity contribution is 6.32. The third-order valence-corrected chi connectivity index (χ3v) is 5.09. The monoisotopic (exact) mass is 372 g/mol. The maximum absolute atomic E-state index is 13.9. The highest BCUT2D eigenvalue weighted by Gasteiger charge is 2.55. The van der Waals surface area contributed by atoms with Crippen molar-refractivity contribution in [2.24, 2.45) is 10.3 Å². The zero-order chi connectivity index (χ0) is 18.6. The standard InChI is InChI=1S/C18H14ClFN4O2/c1-9-6-7-11(8-13(9)20)23-17(25)15-16(18(23)26)24(22-21-15)14-5-3-4-12(19)10(14)2/h3-8,15-16H,1-2H3/t15-,16-/m0/s1. The van der Waals surface area contributed by atoms with Crippen molar-refractivity contribution in [3.8, 4) is 0 Å². The smallest absolute Gasteiger partial charge is 0.263 e. The number of nitrogens with zero attached hydrogens (tertiary/aromatic N) is 4. The predicted molar refractivity (Wildman–Crippen MR) is 94.7 cm³/mol. The molecule has 2 aromatic rings. The molecule has 132 valence electrons. The normalized spacial score (nSPS) is 21.7. The summed E-state index contributed by atoms with van der Waals surface area (Å²) in [5, 5.41) is 9.92. The van der Waals surface area contributed by atoms with Crippen LogP contribution in [-0.4, -0.2) is 23.9 Å². The van der Waals surface area contributed by atoms with Crippen molar-refractivity contribution in [3.63, 3.8) is 0 Å². The number of halogens is 2. The number of carbonyl (C=O) groups excluding carboxylic acids is 2. The number of rotatable bonds is 2. The van der Waals surface area contributed by atoms with Crippen molar-refractivity contribution < 1.29 is 14.0 Å². The van der Waals surface area contributed by atoms with Crippen molar-refractivity contribution in [2.45, 2.75) is 25.9 Å². The van der Waals surface area contributed by atoms with E-state index >= 15 is 0 Å². The number of amides is 2. The first-order valence-corrected chi connectivity index (χ1v) is 8.37. The molecule has 2 aliphatic heterocycles. The van der Waals surface area contributed by atoms with Gasteiger partial charge in [0.05, 0.1) is 11.4 Å². The lowest BCUT2D eigenvalue weighted by atomic mass is 10.1.